The highest BCUT2D eigenvalue weighted by Crippen LogP contribution is 2.26. The minimum Gasteiger partial charge on any atom is -0.387 e. The number of carbonyl (C=O) groups is 1. The quantitative estimate of drug-likeness (QED) is 0.759. The number of benzene rings is 2. The second kappa shape index (κ2) is 8.28. The number of aliphatic hydroxyl groups is 1. The highest BCUT2D eigenvalue weighted by molar-refractivity contribution is 5.94. The van der Waals surface area contributed by atoms with Crippen LogP contribution in [0.15, 0.2) is 54.6 Å². The predicted octanol–water partition coefficient (Wildman–Crippen LogP) is 2.83. The SMILES string of the molecule is CCNC(=O)c1ccc(C[C@@H]2CC[C@H]([C@H](O)c3ccccc3)N2)cc1. The maximum atomic E-state index is 11.8. The molecule has 0 radical (unpaired) electrons. The molecule has 2 aromatic rings. The van der Waals surface area contributed by atoms with Gasteiger partial charge in [-0.25, -0.2) is 0 Å². The molecule has 0 aromatic heterocycles. The van der Waals surface area contributed by atoms with Crippen molar-refractivity contribution in [3.8, 4) is 0 Å². The van der Waals surface area contributed by atoms with E-state index in [-0.39, 0.29) is 11.9 Å². The molecule has 0 saturated carbocycles. The Balaban J connectivity index is 1.55. The average molecular weight is 338 g/mol. The summed E-state index contributed by atoms with van der Waals surface area (Å²) in [5.41, 5.74) is 2.87. The molecule has 2 aromatic carbocycles. The number of hydrogen-bond donors (Lipinski definition) is 3. The fourth-order valence-electron chi connectivity index (χ4n) is 3.48. The fourth-order valence-corrected chi connectivity index (χ4v) is 3.48. The number of carbonyl (C=O) groups excluding carboxylic acids is 1. The van der Waals surface area contributed by atoms with Gasteiger partial charge >= 0.3 is 0 Å². The Kier molecular flexibility index (Phi) is 5.84. The van der Waals surface area contributed by atoms with E-state index < -0.39 is 6.10 Å². The van der Waals surface area contributed by atoms with Crippen LogP contribution >= 0.6 is 0 Å². The van der Waals surface area contributed by atoms with Crippen molar-refractivity contribution in [3.63, 3.8) is 0 Å². The summed E-state index contributed by atoms with van der Waals surface area (Å²) in [5, 5.41) is 16.9. The number of hydrogen-bond acceptors (Lipinski definition) is 3. The number of amides is 1. The molecule has 3 N–H and O–H groups in total. The molecule has 4 nitrogen and oxygen atoms in total. The summed E-state index contributed by atoms with van der Waals surface area (Å²) in [4.78, 5) is 11.8. The highest BCUT2D eigenvalue weighted by Gasteiger charge is 2.29. The monoisotopic (exact) mass is 338 g/mol. The molecule has 3 atom stereocenters. The van der Waals surface area contributed by atoms with Gasteiger partial charge in [0.15, 0.2) is 0 Å². The normalized spacial score (nSPS) is 21.0. The lowest BCUT2D eigenvalue weighted by molar-refractivity contribution is 0.0956. The van der Waals surface area contributed by atoms with Gasteiger partial charge in [-0.1, -0.05) is 42.5 Å². The van der Waals surface area contributed by atoms with Crippen LogP contribution in [0.25, 0.3) is 0 Å². The summed E-state index contributed by atoms with van der Waals surface area (Å²) in [5.74, 6) is -0.0286. The van der Waals surface area contributed by atoms with E-state index in [9.17, 15) is 9.90 Å². The molecular weight excluding hydrogens is 312 g/mol. The Bertz CT molecular complexity index is 685. The molecule has 1 aliphatic heterocycles. The lowest BCUT2D eigenvalue weighted by atomic mass is 10.0. The van der Waals surface area contributed by atoms with Crippen LogP contribution in [0, 0.1) is 0 Å². The smallest absolute Gasteiger partial charge is 0.251 e. The van der Waals surface area contributed by atoms with Crippen molar-refractivity contribution in [2.45, 2.75) is 44.4 Å². The summed E-state index contributed by atoms with van der Waals surface area (Å²) in [6.07, 6.45) is 2.46. The second-order valence-electron chi connectivity index (χ2n) is 6.66. The molecule has 1 heterocycles. The Labute approximate surface area is 149 Å². The fraction of sp³-hybridized carbons (Fsp3) is 0.381. The van der Waals surface area contributed by atoms with Gasteiger partial charge in [-0.05, 0) is 49.4 Å². The average Bonchev–Trinajstić information content (AvgIpc) is 3.11. The van der Waals surface area contributed by atoms with E-state index in [1.54, 1.807) is 0 Å². The molecule has 1 aliphatic rings. The number of nitrogens with one attached hydrogen (secondary N) is 2. The van der Waals surface area contributed by atoms with Crippen molar-refractivity contribution in [3.05, 3.63) is 71.3 Å². The van der Waals surface area contributed by atoms with Gasteiger partial charge in [0.05, 0.1) is 6.10 Å². The van der Waals surface area contributed by atoms with Gasteiger partial charge in [-0.2, -0.15) is 0 Å². The molecule has 0 bridgehead atoms. The third-order valence-corrected chi connectivity index (χ3v) is 4.83. The lowest BCUT2D eigenvalue weighted by Crippen LogP contribution is -2.35. The van der Waals surface area contributed by atoms with Gasteiger partial charge < -0.3 is 15.7 Å². The Hall–Kier alpha value is -2.17. The van der Waals surface area contributed by atoms with Crippen LogP contribution in [0.1, 0.15) is 47.4 Å². The summed E-state index contributed by atoms with van der Waals surface area (Å²) in [6, 6.07) is 18.1. The Morgan fingerprint density at radius 3 is 2.56 bits per heavy atom. The molecule has 0 spiro atoms. The van der Waals surface area contributed by atoms with Crippen LogP contribution in [0.4, 0.5) is 0 Å². The van der Waals surface area contributed by atoms with E-state index in [0.29, 0.717) is 18.2 Å². The molecule has 0 aliphatic carbocycles. The van der Waals surface area contributed by atoms with Crippen LogP contribution in [-0.4, -0.2) is 29.6 Å². The molecule has 3 rings (SSSR count). The van der Waals surface area contributed by atoms with Crippen LogP contribution < -0.4 is 10.6 Å². The Morgan fingerprint density at radius 2 is 1.88 bits per heavy atom. The molecule has 0 unspecified atom stereocenters. The van der Waals surface area contributed by atoms with Gasteiger partial charge in [-0.15, -0.1) is 0 Å². The van der Waals surface area contributed by atoms with E-state index in [0.717, 1.165) is 24.8 Å². The van der Waals surface area contributed by atoms with Crippen molar-refractivity contribution in [2.24, 2.45) is 0 Å². The standard InChI is InChI=1S/C21H26N2O2/c1-2-22-21(25)17-10-8-15(9-11-17)14-18-12-13-19(23-18)20(24)16-6-4-3-5-7-16/h3-11,18-20,23-24H,2,12-14H2,1H3,(H,22,25)/t18-,19+,20+/m0/s1. The maximum Gasteiger partial charge on any atom is 0.251 e. The van der Waals surface area contributed by atoms with Gasteiger partial charge in [0.25, 0.3) is 5.91 Å². The van der Waals surface area contributed by atoms with E-state index in [2.05, 4.69) is 10.6 Å². The van der Waals surface area contributed by atoms with Crippen molar-refractivity contribution in [1.82, 2.24) is 10.6 Å². The third-order valence-electron chi connectivity index (χ3n) is 4.83. The van der Waals surface area contributed by atoms with Crippen LogP contribution in [0.5, 0.6) is 0 Å². The van der Waals surface area contributed by atoms with Crippen LogP contribution in [-0.2, 0) is 6.42 Å². The zero-order chi connectivity index (χ0) is 17.6. The molecule has 132 valence electrons. The number of rotatable bonds is 6. The summed E-state index contributed by atoms with van der Waals surface area (Å²) >= 11 is 0. The van der Waals surface area contributed by atoms with Crippen molar-refractivity contribution in [1.29, 1.82) is 0 Å². The van der Waals surface area contributed by atoms with Crippen LogP contribution in [0.2, 0.25) is 0 Å². The zero-order valence-corrected chi connectivity index (χ0v) is 14.6. The third kappa shape index (κ3) is 4.47. The van der Waals surface area contributed by atoms with Crippen molar-refractivity contribution >= 4 is 5.91 Å². The Morgan fingerprint density at radius 1 is 1.16 bits per heavy atom. The van der Waals surface area contributed by atoms with E-state index in [1.165, 1.54) is 5.56 Å². The highest BCUT2D eigenvalue weighted by atomic mass is 16.3. The first-order valence-electron chi connectivity index (χ1n) is 9.03. The summed E-state index contributed by atoms with van der Waals surface area (Å²) < 4.78 is 0. The largest absolute Gasteiger partial charge is 0.387 e. The first-order valence-corrected chi connectivity index (χ1v) is 9.03. The first kappa shape index (κ1) is 17.6. The van der Waals surface area contributed by atoms with Crippen LogP contribution in [0.3, 0.4) is 0 Å². The van der Waals surface area contributed by atoms with Gasteiger partial charge in [0.2, 0.25) is 0 Å². The predicted molar refractivity (Wildman–Crippen MR) is 99.5 cm³/mol. The summed E-state index contributed by atoms with van der Waals surface area (Å²) in [6.45, 7) is 2.55. The number of aliphatic hydroxyl groups excluding tert-OH is 1. The van der Waals surface area contributed by atoms with Crippen molar-refractivity contribution < 1.29 is 9.90 Å². The summed E-state index contributed by atoms with van der Waals surface area (Å²) in [7, 11) is 0. The first-order chi connectivity index (χ1) is 12.2. The minimum atomic E-state index is -0.466. The molecule has 1 amide bonds. The topological polar surface area (TPSA) is 61.4 Å². The molecule has 4 heteroatoms. The maximum absolute atomic E-state index is 11.8. The molecule has 25 heavy (non-hydrogen) atoms. The molecular formula is C21H26N2O2. The van der Waals surface area contributed by atoms with Gasteiger partial charge in [-0.3, -0.25) is 4.79 Å². The van der Waals surface area contributed by atoms with Gasteiger partial charge in [0.1, 0.15) is 0 Å². The van der Waals surface area contributed by atoms with E-state index in [1.807, 2.05) is 61.5 Å². The molecule has 1 fully saturated rings. The van der Waals surface area contributed by atoms with E-state index >= 15 is 0 Å². The lowest BCUT2D eigenvalue weighted by Gasteiger charge is -2.20. The van der Waals surface area contributed by atoms with E-state index in [4.69, 9.17) is 0 Å². The van der Waals surface area contributed by atoms with Gasteiger partial charge in [0, 0.05) is 24.2 Å². The minimum absolute atomic E-state index is 0.0286. The molecule has 1 saturated heterocycles. The second-order valence-corrected chi connectivity index (χ2v) is 6.66. The zero-order valence-electron chi connectivity index (χ0n) is 14.6. The van der Waals surface area contributed by atoms with Crippen molar-refractivity contribution in [2.75, 3.05) is 6.54 Å².